The summed E-state index contributed by atoms with van der Waals surface area (Å²) in [7, 11) is 0. The predicted octanol–water partition coefficient (Wildman–Crippen LogP) is -0.0960. The highest BCUT2D eigenvalue weighted by Crippen LogP contribution is 2.17. The van der Waals surface area contributed by atoms with Crippen molar-refractivity contribution in [1.29, 1.82) is 0 Å². The van der Waals surface area contributed by atoms with Gasteiger partial charge in [0.1, 0.15) is 0 Å². The van der Waals surface area contributed by atoms with Crippen molar-refractivity contribution in [1.82, 2.24) is 5.32 Å². The monoisotopic (exact) mass is 185 g/mol. The molecule has 0 radical (unpaired) electrons. The number of aliphatic carboxylic acids is 1. The quantitative estimate of drug-likeness (QED) is 0.599. The molecule has 1 rings (SSSR count). The van der Waals surface area contributed by atoms with Gasteiger partial charge in [0.25, 0.3) is 0 Å². The Morgan fingerprint density at radius 3 is 2.69 bits per heavy atom. The Morgan fingerprint density at radius 2 is 2.23 bits per heavy atom. The lowest BCUT2D eigenvalue weighted by atomic mass is 10.0. The molecular weight excluding hydrogens is 174 g/mol. The maximum Gasteiger partial charge on any atom is 0.303 e. The average Bonchev–Trinajstić information content (AvgIpc) is 2.29. The molecule has 0 saturated carbocycles. The Labute approximate surface area is 75.1 Å². The van der Waals surface area contributed by atoms with Crippen LogP contribution in [0.4, 0.5) is 0 Å². The number of amides is 2. The van der Waals surface area contributed by atoms with Gasteiger partial charge in [-0.2, -0.15) is 0 Å². The molecule has 0 bridgehead atoms. The van der Waals surface area contributed by atoms with E-state index in [0.717, 1.165) is 0 Å². The molecule has 1 aliphatic rings. The van der Waals surface area contributed by atoms with Crippen LogP contribution in [0.15, 0.2) is 0 Å². The van der Waals surface area contributed by atoms with Crippen LogP contribution in [-0.2, 0) is 14.4 Å². The summed E-state index contributed by atoms with van der Waals surface area (Å²) in [5.41, 5.74) is 0. The minimum absolute atomic E-state index is 0.0535. The van der Waals surface area contributed by atoms with Gasteiger partial charge in [-0.05, 0) is 12.8 Å². The van der Waals surface area contributed by atoms with Gasteiger partial charge >= 0.3 is 5.97 Å². The van der Waals surface area contributed by atoms with Gasteiger partial charge in [0.05, 0.1) is 0 Å². The number of carboxylic acid groups (broad SMARTS) is 1. The van der Waals surface area contributed by atoms with Crippen LogP contribution in [0.1, 0.15) is 25.7 Å². The number of carbonyl (C=O) groups excluding carboxylic acids is 2. The zero-order valence-electron chi connectivity index (χ0n) is 7.08. The van der Waals surface area contributed by atoms with E-state index in [4.69, 9.17) is 5.11 Å². The molecule has 5 heteroatoms. The van der Waals surface area contributed by atoms with E-state index in [1.807, 2.05) is 0 Å². The first kappa shape index (κ1) is 9.70. The molecule has 2 N–H and O–H groups in total. The molecule has 1 unspecified atom stereocenters. The van der Waals surface area contributed by atoms with Crippen molar-refractivity contribution in [2.75, 3.05) is 0 Å². The van der Waals surface area contributed by atoms with Crippen LogP contribution in [-0.4, -0.2) is 22.9 Å². The van der Waals surface area contributed by atoms with Crippen molar-refractivity contribution < 1.29 is 19.5 Å². The van der Waals surface area contributed by atoms with Gasteiger partial charge < -0.3 is 5.11 Å². The fourth-order valence-corrected chi connectivity index (χ4v) is 1.34. The number of hydrogen-bond acceptors (Lipinski definition) is 3. The van der Waals surface area contributed by atoms with E-state index in [0.29, 0.717) is 12.8 Å². The van der Waals surface area contributed by atoms with Crippen molar-refractivity contribution in [3.8, 4) is 0 Å². The first-order chi connectivity index (χ1) is 6.09. The summed E-state index contributed by atoms with van der Waals surface area (Å²) in [6.07, 6.45) is 1.18. The smallest absolute Gasteiger partial charge is 0.303 e. The molecule has 13 heavy (non-hydrogen) atoms. The summed E-state index contributed by atoms with van der Waals surface area (Å²) in [6.45, 7) is 0. The lowest BCUT2D eigenvalue weighted by Crippen LogP contribution is -2.22. The summed E-state index contributed by atoms with van der Waals surface area (Å²) in [5, 5.41) is 10.5. The zero-order valence-corrected chi connectivity index (χ0v) is 7.08. The van der Waals surface area contributed by atoms with E-state index in [-0.39, 0.29) is 30.6 Å². The third kappa shape index (κ3) is 2.85. The lowest BCUT2D eigenvalue weighted by Gasteiger charge is -2.02. The molecule has 1 heterocycles. The molecule has 5 nitrogen and oxygen atoms in total. The van der Waals surface area contributed by atoms with Crippen molar-refractivity contribution in [2.45, 2.75) is 25.7 Å². The summed E-state index contributed by atoms with van der Waals surface area (Å²) >= 11 is 0. The van der Waals surface area contributed by atoms with Gasteiger partial charge in [0, 0.05) is 18.8 Å². The van der Waals surface area contributed by atoms with E-state index >= 15 is 0 Å². The number of rotatable bonds is 4. The van der Waals surface area contributed by atoms with Gasteiger partial charge in [-0.1, -0.05) is 0 Å². The van der Waals surface area contributed by atoms with Crippen LogP contribution in [0.5, 0.6) is 0 Å². The first-order valence-corrected chi connectivity index (χ1v) is 4.15. The number of hydrogen-bond donors (Lipinski definition) is 2. The Kier molecular flexibility index (Phi) is 3.00. The lowest BCUT2D eigenvalue weighted by molar-refractivity contribution is -0.137. The van der Waals surface area contributed by atoms with Gasteiger partial charge in [0.15, 0.2) is 0 Å². The standard InChI is InChI=1S/C8H11NO4/c10-6-4-5(8(13)9-6)2-1-3-7(11)12/h5H,1-4H2,(H,11,12)(H,9,10,13). The topological polar surface area (TPSA) is 83.5 Å². The van der Waals surface area contributed by atoms with Gasteiger partial charge in [0.2, 0.25) is 11.8 Å². The molecule has 1 aliphatic heterocycles. The highest BCUT2D eigenvalue weighted by atomic mass is 16.4. The molecule has 0 aromatic rings. The summed E-state index contributed by atoms with van der Waals surface area (Å²) in [4.78, 5) is 31.8. The second kappa shape index (κ2) is 4.02. The maximum absolute atomic E-state index is 11.0. The molecule has 0 aromatic carbocycles. The van der Waals surface area contributed by atoms with E-state index in [1.54, 1.807) is 0 Å². The molecule has 1 saturated heterocycles. The molecule has 72 valence electrons. The molecule has 0 aromatic heterocycles. The Balaban J connectivity index is 2.26. The van der Waals surface area contributed by atoms with Crippen molar-refractivity contribution in [3.63, 3.8) is 0 Å². The van der Waals surface area contributed by atoms with Crippen LogP contribution in [0, 0.1) is 5.92 Å². The SMILES string of the molecule is O=C(O)CCCC1CC(=O)NC1=O. The van der Waals surface area contributed by atoms with Gasteiger partial charge in [-0.25, -0.2) is 0 Å². The minimum atomic E-state index is -0.871. The minimum Gasteiger partial charge on any atom is -0.481 e. The van der Waals surface area contributed by atoms with E-state index in [2.05, 4.69) is 5.32 Å². The number of carbonyl (C=O) groups is 3. The number of imide groups is 1. The Bertz CT molecular complexity index is 249. The van der Waals surface area contributed by atoms with Gasteiger partial charge in [-0.15, -0.1) is 0 Å². The summed E-state index contributed by atoms with van der Waals surface area (Å²) in [6, 6.07) is 0. The molecular formula is C8H11NO4. The Morgan fingerprint density at radius 1 is 1.54 bits per heavy atom. The first-order valence-electron chi connectivity index (χ1n) is 4.15. The second-order valence-electron chi connectivity index (χ2n) is 3.10. The fourth-order valence-electron chi connectivity index (χ4n) is 1.34. The predicted molar refractivity (Wildman–Crippen MR) is 42.7 cm³/mol. The molecule has 1 fully saturated rings. The fraction of sp³-hybridized carbons (Fsp3) is 0.625. The zero-order chi connectivity index (χ0) is 9.84. The summed E-state index contributed by atoms with van der Waals surface area (Å²) in [5.74, 6) is -1.71. The van der Waals surface area contributed by atoms with Crippen molar-refractivity contribution in [2.24, 2.45) is 5.92 Å². The van der Waals surface area contributed by atoms with Crippen LogP contribution < -0.4 is 5.32 Å². The highest BCUT2D eigenvalue weighted by molar-refractivity contribution is 6.03. The molecule has 2 amide bonds. The largest absolute Gasteiger partial charge is 0.481 e. The van der Waals surface area contributed by atoms with Crippen molar-refractivity contribution in [3.05, 3.63) is 0 Å². The summed E-state index contributed by atoms with van der Waals surface area (Å²) < 4.78 is 0. The molecule has 0 aliphatic carbocycles. The molecule has 0 spiro atoms. The van der Waals surface area contributed by atoms with Crippen LogP contribution in [0.3, 0.4) is 0 Å². The number of carboxylic acids is 1. The second-order valence-corrected chi connectivity index (χ2v) is 3.10. The van der Waals surface area contributed by atoms with Gasteiger partial charge in [-0.3, -0.25) is 19.7 Å². The third-order valence-corrected chi connectivity index (χ3v) is 2.01. The molecule has 1 atom stereocenters. The van der Waals surface area contributed by atoms with Crippen LogP contribution in [0.25, 0.3) is 0 Å². The average molecular weight is 185 g/mol. The third-order valence-electron chi connectivity index (χ3n) is 2.01. The highest BCUT2D eigenvalue weighted by Gasteiger charge is 2.29. The van der Waals surface area contributed by atoms with E-state index < -0.39 is 5.97 Å². The van der Waals surface area contributed by atoms with Crippen molar-refractivity contribution >= 4 is 17.8 Å². The normalized spacial score (nSPS) is 21.7. The van der Waals surface area contributed by atoms with Crippen LogP contribution in [0.2, 0.25) is 0 Å². The number of nitrogens with one attached hydrogen (secondary N) is 1. The maximum atomic E-state index is 11.0. The van der Waals surface area contributed by atoms with E-state index in [9.17, 15) is 14.4 Å². The Hall–Kier alpha value is -1.39. The van der Waals surface area contributed by atoms with E-state index in [1.165, 1.54) is 0 Å². The van der Waals surface area contributed by atoms with Crippen LogP contribution >= 0.6 is 0 Å².